The first-order valence-electron chi connectivity index (χ1n) is 9.97. The van der Waals surface area contributed by atoms with E-state index < -0.39 is 6.04 Å². The van der Waals surface area contributed by atoms with Gasteiger partial charge in [0.1, 0.15) is 6.04 Å². The van der Waals surface area contributed by atoms with Crippen LogP contribution >= 0.6 is 0 Å². The van der Waals surface area contributed by atoms with Crippen molar-refractivity contribution in [2.45, 2.75) is 44.8 Å². The molecule has 0 saturated carbocycles. The Morgan fingerprint density at radius 3 is 2.86 bits per heavy atom. The van der Waals surface area contributed by atoms with Gasteiger partial charge in [-0.1, -0.05) is 23.8 Å². The number of amides is 3. The van der Waals surface area contributed by atoms with Crippen LogP contribution in [0.15, 0.2) is 29.8 Å². The predicted octanol–water partition coefficient (Wildman–Crippen LogP) is 0.847. The molecule has 3 heterocycles. The van der Waals surface area contributed by atoms with Crippen LogP contribution in [-0.4, -0.2) is 48.3 Å². The van der Waals surface area contributed by atoms with Crippen molar-refractivity contribution in [1.29, 1.82) is 0 Å². The summed E-state index contributed by atoms with van der Waals surface area (Å²) in [5.74, 6) is -0.753. The van der Waals surface area contributed by atoms with Gasteiger partial charge in [0.2, 0.25) is 11.8 Å². The number of rotatable bonds is 6. The number of hydrogen-bond donors (Lipinski definition) is 3. The molecule has 0 spiro atoms. The van der Waals surface area contributed by atoms with Crippen LogP contribution in [0.2, 0.25) is 0 Å². The summed E-state index contributed by atoms with van der Waals surface area (Å²) in [5, 5.41) is 9.11. The second-order valence-electron chi connectivity index (χ2n) is 7.63. The fourth-order valence-electron chi connectivity index (χ4n) is 4.09. The zero-order valence-corrected chi connectivity index (χ0v) is 15.9. The monoisotopic (exact) mass is 382 g/mol. The Labute approximate surface area is 164 Å². The number of hydrogen-bond acceptors (Lipinski definition) is 5. The minimum Gasteiger partial charge on any atom is -0.322 e. The fourth-order valence-corrected chi connectivity index (χ4v) is 4.09. The van der Waals surface area contributed by atoms with Crippen molar-refractivity contribution >= 4 is 17.7 Å². The second-order valence-corrected chi connectivity index (χ2v) is 7.63. The van der Waals surface area contributed by atoms with E-state index in [-0.39, 0.29) is 24.1 Å². The van der Waals surface area contributed by atoms with Gasteiger partial charge in [-0.05, 0) is 49.5 Å². The van der Waals surface area contributed by atoms with Crippen LogP contribution in [0.25, 0.3) is 0 Å². The number of piperidine rings is 1. The Bertz CT molecular complexity index is 833. The minimum absolute atomic E-state index is 0.119. The summed E-state index contributed by atoms with van der Waals surface area (Å²) in [5.41, 5.74) is 4.18. The first-order chi connectivity index (χ1) is 13.6. The SMILES string of the molecule is O=C1CCC(N2Cc3ccc(CNCCC4=CCNCC4)cc3C2=O)C(=O)N1. The van der Waals surface area contributed by atoms with Crippen molar-refractivity contribution in [3.8, 4) is 0 Å². The molecule has 0 aliphatic carbocycles. The summed E-state index contributed by atoms with van der Waals surface area (Å²) >= 11 is 0. The maximum Gasteiger partial charge on any atom is 0.255 e. The first-order valence-corrected chi connectivity index (χ1v) is 9.97. The van der Waals surface area contributed by atoms with Gasteiger partial charge in [0.25, 0.3) is 5.91 Å². The molecule has 1 saturated heterocycles. The number of benzene rings is 1. The van der Waals surface area contributed by atoms with E-state index >= 15 is 0 Å². The van der Waals surface area contributed by atoms with Crippen molar-refractivity contribution in [1.82, 2.24) is 20.9 Å². The molecule has 3 N–H and O–H groups in total. The fraction of sp³-hybridized carbons (Fsp3) is 0.476. The molecule has 3 aliphatic rings. The second kappa shape index (κ2) is 8.24. The van der Waals surface area contributed by atoms with Crippen molar-refractivity contribution < 1.29 is 14.4 Å². The van der Waals surface area contributed by atoms with Crippen LogP contribution in [0, 0.1) is 0 Å². The number of imide groups is 1. The average Bonchev–Trinajstić information content (AvgIpc) is 3.02. The van der Waals surface area contributed by atoms with Gasteiger partial charge in [-0.15, -0.1) is 0 Å². The largest absolute Gasteiger partial charge is 0.322 e. The third-order valence-corrected chi connectivity index (χ3v) is 5.70. The molecule has 1 atom stereocenters. The van der Waals surface area contributed by atoms with Gasteiger partial charge >= 0.3 is 0 Å². The van der Waals surface area contributed by atoms with E-state index in [2.05, 4.69) is 22.0 Å². The standard InChI is InChI=1S/C21H26N4O3/c26-19-4-3-18(20(27)24-19)25-13-16-2-1-15(11-17(16)21(25)28)12-23-10-7-14-5-8-22-9-6-14/h1-2,5,11,18,22-23H,3-4,6-10,12-13H2,(H,24,26,27). The van der Waals surface area contributed by atoms with Gasteiger partial charge < -0.3 is 15.5 Å². The highest BCUT2D eigenvalue weighted by Gasteiger charge is 2.39. The van der Waals surface area contributed by atoms with E-state index in [1.165, 1.54) is 5.57 Å². The molecule has 4 rings (SSSR count). The highest BCUT2D eigenvalue weighted by Crippen LogP contribution is 2.28. The summed E-state index contributed by atoms with van der Waals surface area (Å²) in [6.07, 6.45) is 5.10. The van der Waals surface area contributed by atoms with Crippen LogP contribution < -0.4 is 16.0 Å². The van der Waals surface area contributed by atoms with Gasteiger partial charge in [0, 0.05) is 31.6 Å². The van der Waals surface area contributed by atoms with E-state index in [4.69, 9.17) is 0 Å². The van der Waals surface area contributed by atoms with Crippen LogP contribution in [-0.2, 0) is 22.7 Å². The van der Waals surface area contributed by atoms with Crippen molar-refractivity contribution in [2.75, 3.05) is 19.6 Å². The average molecular weight is 382 g/mol. The molecule has 28 heavy (non-hydrogen) atoms. The lowest BCUT2D eigenvalue weighted by molar-refractivity contribution is -0.136. The van der Waals surface area contributed by atoms with Crippen molar-refractivity contribution in [3.63, 3.8) is 0 Å². The zero-order chi connectivity index (χ0) is 19.5. The van der Waals surface area contributed by atoms with Gasteiger partial charge in [0.15, 0.2) is 0 Å². The number of nitrogens with one attached hydrogen (secondary N) is 3. The minimum atomic E-state index is -0.558. The van der Waals surface area contributed by atoms with Gasteiger partial charge in [-0.2, -0.15) is 0 Å². The lowest BCUT2D eigenvalue weighted by atomic mass is 10.0. The third-order valence-electron chi connectivity index (χ3n) is 5.70. The van der Waals surface area contributed by atoms with Crippen molar-refractivity contribution in [2.24, 2.45) is 0 Å². The van der Waals surface area contributed by atoms with Crippen LogP contribution in [0.3, 0.4) is 0 Å². The quantitative estimate of drug-likeness (QED) is 0.385. The molecule has 1 unspecified atom stereocenters. The third kappa shape index (κ3) is 4.00. The van der Waals surface area contributed by atoms with E-state index in [0.717, 1.165) is 43.6 Å². The summed E-state index contributed by atoms with van der Waals surface area (Å²) in [6.45, 7) is 4.08. The number of nitrogens with zero attached hydrogens (tertiary/aromatic N) is 1. The normalized spacial score (nSPS) is 22.1. The molecule has 1 aromatic carbocycles. The molecule has 0 radical (unpaired) electrons. The number of carbonyl (C=O) groups is 3. The zero-order valence-electron chi connectivity index (χ0n) is 15.9. The maximum atomic E-state index is 12.8. The molecular weight excluding hydrogens is 356 g/mol. The smallest absolute Gasteiger partial charge is 0.255 e. The molecule has 1 aromatic rings. The molecule has 0 aromatic heterocycles. The maximum absolute atomic E-state index is 12.8. The lowest BCUT2D eigenvalue weighted by Crippen LogP contribution is -2.52. The van der Waals surface area contributed by atoms with E-state index in [1.54, 1.807) is 4.90 Å². The summed E-state index contributed by atoms with van der Waals surface area (Å²) in [6, 6.07) is 5.39. The van der Waals surface area contributed by atoms with Gasteiger partial charge in [0.05, 0.1) is 0 Å². The molecule has 148 valence electrons. The summed E-state index contributed by atoms with van der Waals surface area (Å²) in [4.78, 5) is 37.9. The number of fused-ring (bicyclic) bond motifs is 1. The Morgan fingerprint density at radius 1 is 1.18 bits per heavy atom. The summed E-state index contributed by atoms with van der Waals surface area (Å²) < 4.78 is 0. The summed E-state index contributed by atoms with van der Waals surface area (Å²) in [7, 11) is 0. The first kappa shape index (κ1) is 18.8. The highest BCUT2D eigenvalue weighted by molar-refractivity contribution is 6.05. The molecule has 3 amide bonds. The Hall–Kier alpha value is -2.51. The predicted molar refractivity (Wildman–Crippen MR) is 104 cm³/mol. The molecule has 0 bridgehead atoms. The molecule has 7 heteroatoms. The van der Waals surface area contributed by atoms with Crippen LogP contribution in [0.5, 0.6) is 0 Å². The Kier molecular flexibility index (Phi) is 5.54. The van der Waals surface area contributed by atoms with E-state index in [1.807, 2.05) is 18.2 Å². The highest BCUT2D eigenvalue weighted by atomic mass is 16.2. The molecular formula is C21H26N4O3. The Morgan fingerprint density at radius 2 is 2.07 bits per heavy atom. The molecule has 3 aliphatic heterocycles. The Balaban J connectivity index is 1.34. The van der Waals surface area contributed by atoms with E-state index in [0.29, 0.717) is 25.1 Å². The van der Waals surface area contributed by atoms with Crippen LogP contribution in [0.1, 0.15) is 47.2 Å². The lowest BCUT2D eigenvalue weighted by Gasteiger charge is -2.29. The topological polar surface area (TPSA) is 90.5 Å². The van der Waals surface area contributed by atoms with Gasteiger partial charge in [-0.25, -0.2) is 0 Å². The van der Waals surface area contributed by atoms with E-state index in [9.17, 15) is 14.4 Å². The molecule has 1 fully saturated rings. The molecule has 7 nitrogen and oxygen atoms in total. The van der Waals surface area contributed by atoms with Gasteiger partial charge in [-0.3, -0.25) is 19.7 Å². The van der Waals surface area contributed by atoms with Crippen molar-refractivity contribution in [3.05, 3.63) is 46.5 Å². The van der Waals surface area contributed by atoms with Crippen LogP contribution in [0.4, 0.5) is 0 Å². The number of carbonyl (C=O) groups excluding carboxylic acids is 3.